The minimum absolute atomic E-state index is 0.117. The highest BCUT2D eigenvalue weighted by Crippen LogP contribution is 2.16. The van der Waals surface area contributed by atoms with E-state index in [4.69, 9.17) is 9.52 Å². The van der Waals surface area contributed by atoms with E-state index in [0.717, 1.165) is 0 Å². The average molecular weight is 231 g/mol. The number of hydrogen-bond donors (Lipinski definition) is 2. The molecule has 2 aromatic rings. The molecule has 0 saturated carbocycles. The van der Waals surface area contributed by atoms with E-state index in [-0.39, 0.29) is 18.3 Å². The Hall–Kier alpha value is -2.07. The summed E-state index contributed by atoms with van der Waals surface area (Å²) in [7, 11) is 0. The molecule has 0 aliphatic rings. The standard InChI is InChI=1S/C13H13NO3/c1-9-6-7-12(17-9)13(16)14-11-5-3-2-4-10(11)8-15/h2-7,15H,8H2,1H3,(H,14,16). The van der Waals surface area contributed by atoms with Gasteiger partial charge in [0.05, 0.1) is 6.61 Å². The molecule has 0 fully saturated rings. The second kappa shape index (κ2) is 4.84. The highest BCUT2D eigenvalue weighted by atomic mass is 16.3. The van der Waals surface area contributed by atoms with Gasteiger partial charge in [0.2, 0.25) is 0 Å². The number of carbonyl (C=O) groups is 1. The van der Waals surface area contributed by atoms with Crippen molar-refractivity contribution in [2.45, 2.75) is 13.5 Å². The van der Waals surface area contributed by atoms with Gasteiger partial charge < -0.3 is 14.8 Å². The third-order valence-electron chi connectivity index (χ3n) is 2.40. The van der Waals surface area contributed by atoms with E-state index in [2.05, 4.69) is 5.32 Å². The molecular formula is C13H13NO3. The number of aliphatic hydroxyl groups is 1. The van der Waals surface area contributed by atoms with E-state index >= 15 is 0 Å². The van der Waals surface area contributed by atoms with Crippen molar-refractivity contribution < 1.29 is 14.3 Å². The zero-order valence-corrected chi connectivity index (χ0v) is 9.43. The number of para-hydroxylation sites is 1. The Labute approximate surface area is 98.9 Å². The number of furan rings is 1. The third-order valence-corrected chi connectivity index (χ3v) is 2.40. The number of nitrogens with one attached hydrogen (secondary N) is 1. The molecule has 4 nitrogen and oxygen atoms in total. The predicted octanol–water partition coefficient (Wildman–Crippen LogP) is 2.33. The zero-order chi connectivity index (χ0) is 12.3. The molecule has 17 heavy (non-hydrogen) atoms. The van der Waals surface area contributed by atoms with Crippen LogP contribution in [0.3, 0.4) is 0 Å². The van der Waals surface area contributed by atoms with Gasteiger partial charge in [-0.25, -0.2) is 0 Å². The average Bonchev–Trinajstić information content (AvgIpc) is 2.77. The molecule has 0 unspecified atom stereocenters. The second-order valence-electron chi connectivity index (χ2n) is 3.68. The quantitative estimate of drug-likeness (QED) is 0.852. The number of amides is 1. The molecule has 0 atom stereocenters. The Bertz CT molecular complexity index is 531. The fraction of sp³-hybridized carbons (Fsp3) is 0.154. The number of aryl methyl sites for hydroxylation is 1. The Morgan fingerprint density at radius 1 is 1.29 bits per heavy atom. The number of carbonyl (C=O) groups excluding carboxylic acids is 1. The molecule has 4 heteroatoms. The Morgan fingerprint density at radius 3 is 2.71 bits per heavy atom. The van der Waals surface area contributed by atoms with Crippen LogP contribution in [0.4, 0.5) is 5.69 Å². The van der Waals surface area contributed by atoms with Gasteiger partial charge in [-0.3, -0.25) is 4.79 Å². The lowest BCUT2D eigenvalue weighted by Gasteiger charge is -2.07. The molecule has 0 saturated heterocycles. The predicted molar refractivity (Wildman–Crippen MR) is 63.8 cm³/mol. The van der Waals surface area contributed by atoms with Crippen molar-refractivity contribution in [2.24, 2.45) is 0 Å². The number of benzene rings is 1. The number of anilines is 1. The van der Waals surface area contributed by atoms with Gasteiger partial charge >= 0.3 is 0 Å². The van der Waals surface area contributed by atoms with Gasteiger partial charge in [-0.05, 0) is 25.1 Å². The van der Waals surface area contributed by atoms with Crippen LogP contribution in [0.5, 0.6) is 0 Å². The summed E-state index contributed by atoms with van der Waals surface area (Å²) in [6.07, 6.45) is 0. The van der Waals surface area contributed by atoms with E-state index in [1.165, 1.54) is 0 Å². The van der Waals surface area contributed by atoms with Gasteiger partial charge in [-0.2, -0.15) is 0 Å². The summed E-state index contributed by atoms with van der Waals surface area (Å²) in [4.78, 5) is 11.8. The fourth-order valence-electron chi connectivity index (χ4n) is 1.52. The SMILES string of the molecule is Cc1ccc(C(=O)Nc2ccccc2CO)o1. The minimum Gasteiger partial charge on any atom is -0.456 e. The molecule has 1 amide bonds. The number of rotatable bonds is 3. The first-order valence-electron chi connectivity index (χ1n) is 5.27. The zero-order valence-electron chi connectivity index (χ0n) is 9.43. The molecular weight excluding hydrogens is 218 g/mol. The van der Waals surface area contributed by atoms with Gasteiger partial charge in [0.1, 0.15) is 5.76 Å². The van der Waals surface area contributed by atoms with E-state index < -0.39 is 0 Å². The van der Waals surface area contributed by atoms with E-state index in [0.29, 0.717) is 17.0 Å². The van der Waals surface area contributed by atoms with Gasteiger partial charge in [0.25, 0.3) is 5.91 Å². The van der Waals surface area contributed by atoms with Crippen LogP contribution in [-0.4, -0.2) is 11.0 Å². The summed E-state index contributed by atoms with van der Waals surface area (Å²) in [5.74, 6) is 0.625. The fourth-order valence-corrected chi connectivity index (χ4v) is 1.52. The van der Waals surface area contributed by atoms with Crippen LogP contribution >= 0.6 is 0 Å². The Kier molecular flexibility index (Phi) is 3.25. The smallest absolute Gasteiger partial charge is 0.291 e. The van der Waals surface area contributed by atoms with E-state index in [9.17, 15) is 4.79 Å². The summed E-state index contributed by atoms with van der Waals surface area (Å²) in [6.45, 7) is 1.66. The van der Waals surface area contributed by atoms with E-state index in [1.807, 2.05) is 0 Å². The first kappa shape index (κ1) is 11.4. The Morgan fingerprint density at radius 2 is 2.06 bits per heavy atom. The molecule has 0 radical (unpaired) electrons. The van der Waals surface area contributed by atoms with Gasteiger partial charge in [0.15, 0.2) is 5.76 Å². The number of hydrogen-bond acceptors (Lipinski definition) is 3. The third kappa shape index (κ3) is 2.54. The summed E-state index contributed by atoms with van der Waals surface area (Å²) in [5.41, 5.74) is 1.26. The van der Waals surface area contributed by atoms with Gasteiger partial charge in [-0.15, -0.1) is 0 Å². The van der Waals surface area contributed by atoms with Crippen LogP contribution in [0, 0.1) is 6.92 Å². The summed E-state index contributed by atoms with van der Waals surface area (Å²) in [6, 6.07) is 10.4. The molecule has 1 aromatic heterocycles. The lowest BCUT2D eigenvalue weighted by molar-refractivity contribution is 0.0995. The second-order valence-corrected chi connectivity index (χ2v) is 3.68. The molecule has 88 valence electrons. The van der Waals surface area contributed by atoms with Crippen LogP contribution in [0.15, 0.2) is 40.8 Å². The van der Waals surface area contributed by atoms with Crippen molar-refractivity contribution in [3.63, 3.8) is 0 Å². The first-order valence-corrected chi connectivity index (χ1v) is 5.27. The molecule has 0 aliphatic carbocycles. The highest BCUT2D eigenvalue weighted by Gasteiger charge is 2.11. The lowest BCUT2D eigenvalue weighted by atomic mass is 10.2. The maximum Gasteiger partial charge on any atom is 0.291 e. The number of aliphatic hydroxyl groups excluding tert-OH is 1. The van der Waals surface area contributed by atoms with Crippen LogP contribution in [0.1, 0.15) is 21.9 Å². The van der Waals surface area contributed by atoms with Gasteiger partial charge in [0, 0.05) is 11.3 Å². The van der Waals surface area contributed by atoms with E-state index in [1.54, 1.807) is 43.3 Å². The maximum absolute atomic E-state index is 11.8. The lowest BCUT2D eigenvalue weighted by Crippen LogP contribution is -2.12. The summed E-state index contributed by atoms with van der Waals surface area (Å²) < 4.78 is 5.22. The normalized spacial score (nSPS) is 10.2. The molecule has 1 heterocycles. The van der Waals surface area contributed by atoms with Crippen molar-refractivity contribution in [1.82, 2.24) is 0 Å². The van der Waals surface area contributed by atoms with Crippen LogP contribution in [0.25, 0.3) is 0 Å². The van der Waals surface area contributed by atoms with Crippen molar-refractivity contribution >= 4 is 11.6 Å². The van der Waals surface area contributed by atoms with Gasteiger partial charge in [-0.1, -0.05) is 18.2 Å². The van der Waals surface area contributed by atoms with Crippen LogP contribution < -0.4 is 5.32 Å². The molecule has 0 aliphatic heterocycles. The van der Waals surface area contributed by atoms with Crippen molar-refractivity contribution in [1.29, 1.82) is 0 Å². The maximum atomic E-state index is 11.8. The molecule has 2 rings (SSSR count). The monoisotopic (exact) mass is 231 g/mol. The van der Waals surface area contributed by atoms with Crippen molar-refractivity contribution in [3.8, 4) is 0 Å². The Balaban J connectivity index is 2.18. The topological polar surface area (TPSA) is 62.5 Å². The minimum atomic E-state index is -0.320. The largest absolute Gasteiger partial charge is 0.456 e. The van der Waals surface area contributed by atoms with Crippen molar-refractivity contribution in [3.05, 3.63) is 53.5 Å². The molecule has 2 N–H and O–H groups in total. The van der Waals surface area contributed by atoms with Crippen LogP contribution in [-0.2, 0) is 6.61 Å². The summed E-state index contributed by atoms with van der Waals surface area (Å²) >= 11 is 0. The highest BCUT2D eigenvalue weighted by molar-refractivity contribution is 6.02. The molecule has 0 bridgehead atoms. The molecule has 0 spiro atoms. The van der Waals surface area contributed by atoms with Crippen LogP contribution in [0.2, 0.25) is 0 Å². The van der Waals surface area contributed by atoms with Crippen molar-refractivity contribution in [2.75, 3.05) is 5.32 Å². The molecule has 1 aromatic carbocycles. The first-order chi connectivity index (χ1) is 8.20. The summed E-state index contributed by atoms with van der Waals surface area (Å²) in [5, 5.41) is 11.8.